The summed E-state index contributed by atoms with van der Waals surface area (Å²) >= 11 is -2.02. The zero-order valence-corrected chi connectivity index (χ0v) is 19.6. The van der Waals surface area contributed by atoms with Gasteiger partial charge in [-0.2, -0.15) is 0 Å². The summed E-state index contributed by atoms with van der Waals surface area (Å²) in [5.41, 5.74) is 7.54. The topological polar surface area (TPSA) is 21.2 Å². The summed E-state index contributed by atoms with van der Waals surface area (Å²) in [7, 11) is 2.17. The second-order valence-electron chi connectivity index (χ2n) is 9.35. The first-order chi connectivity index (χ1) is 13.9. The van der Waals surface area contributed by atoms with Crippen LogP contribution in [0.5, 0.6) is 0 Å². The van der Waals surface area contributed by atoms with Crippen LogP contribution in [-0.4, -0.2) is 22.7 Å². The summed E-state index contributed by atoms with van der Waals surface area (Å²) in [6.07, 6.45) is 4.13. The zero-order valence-electron chi connectivity index (χ0n) is 17.5. The number of benzene rings is 2. The van der Waals surface area contributed by atoms with Crippen LogP contribution in [0.3, 0.4) is 0 Å². The van der Waals surface area contributed by atoms with Gasteiger partial charge in [-0.3, -0.25) is 0 Å². The average Bonchev–Trinajstić information content (AvgIpc) is 3.02. The van der Waals surface area contributed by atoms with Gasteiger partial charge in [-0.05, 0) is 0 Å². The van der Waals surface area contributed by atoms with Gasteiger partial charge in [0.1, 0.15) is 0 Å². The molecule has 0 amide bonds. The van der Waals surface area contributed by atoms with Gasteiger partial charge in [-0.15, -0.1) is 0 Å². The van der Waals surface area contributed by atoms with Gasteiger partial charge in [0.25, 0.3) is 0 Å². The molecule has 0 aliphatic rings. The van der Waals surface area contributed by atoms with Crippen molar-refractivity contribution in [3.05, 3.63) is 60.4 Å². The SMILES string of the molecule is Cc1ccc2c3ncccc3n3c4c[c]([Ge]([CH3])([CH3])[CH3])cc5cc[n+](C)c(c1c23)c54. The molecule has 0 saturated carbocycles. The van der Waals surface area contributed by atoms with Gasteiger partial charge in [0.2, 0.25) is 0 Å². The van der Waals surface area contributed by atoms with E-state index in [2.05, 4.69) is 88.9 Å². The third-order valence-corrected chi connectivity index (χ3v) is 10.7. The van der Waals surface area contributed by atoms with Crippen molar-refractivity contribution in [2.45, 2.75) is 24.2 Å². The number of pyridine rings is 3. The molecule has 6 rings (SSSR count). The molecule has 4 heteroatoms. The van der Waals surface area contributed by atoms with Gasteiger partial charge in [0.15, 0.2) is 0 Å². The Balaban J connectivity index is 2.08. The first-order valence-corrected chi connectivity index (χ1v) is 17.6. The second-order valence-corrected chi connectivity index (χ2v) is 20.0. The third kappa shape index (κ3) is 2.14. The van der Waals surface area contributed by atoms with Gasteiger partial charge in [-0.25, -0.2) is 0 Å². The fourth-order valence-electron chi connectivity index (χ4n) is 4.96. The fourth-order valence-corrected chi connectivity index (χ4v) is 7.39. The first-order valence-electron chi connectivity index (χ1n) is 10.2. The van der Waals surface area contributed by atoms with E-state index in [4.69, 9.17) is 4.98 Å². The van der Waals surface area contributed by atoms with Crippen molar-refractivity contribution in [1.82, 2.24) is 9.38 Å². The number of hydrogen-bond acceptors (Lipinski definition) is 1. The number of hydrogen-bond donors (Lipinski definition) is 0. The van der Waals surface area contributed by atoms with E-state index in [1.807, 2.05) is 6.20 Å². The van der Waals surface area contributed by atoms with Crippen LogP contribution in [0.15, 0.2) is 54.9 Å². The zero-order chi connectivity index (χ0) is 20.1. The summed E-state index contributed by atoms with van der Waals surface area (Å²) in [5, 5.41) is 5.28. The van der Waals surface area contributed by atoms with E-state index >= 15 is 0 Å². The average molecular weight is 439 g/mol. The van der Waals surface area contributed by atoms with E-state index in [-0.39, 0.29) is 0 Å². The Kier molecular flexibility index (Phi) is 3.26. The maximum atomic E-state index is 4.78. The van der Waals surface area contributed by atoms with Crippen LogP contribution in [0, 0.1) is 6.92 Å². The molecule has 4 heterocycles. The van der Waals surface area contributed by atoms with E-state index in [9.17, 15) is 0 Å². The summed E-state index contributed by atoms with van der Waals surface area (Å²) in [6.45, 7) is 2.23. The Morgan fingerprint density at radius 1 is 0.966 bits per heavy atom. The van der Waals surface area contributed by atoms with Crippen LogP contribution in [0.4, 0.5) is 0 Å². The third-order valence-electron chi connectivity index (χ3n) is 6.45. The molecule has 0 aliphatic carbocycles. The molecule has 0 N–H and O–H groups in total. The van der Waals surface area contributed by atoms with E-state index in [1.54, 1.807) is 4.40 Å². The van der Waals surface area contributed by atoms with Gasteiger partial charge in [0.05, 0.1) is 0 Å². The molecule has 29 heavy (non-hydrogen) atoms. The summed E-state index contributed by atoms with van der Waals surface area (Å²) in [5.74, 6) is 7.43. The van der Waals surface area contributed by atoms with Crippen molar-refractivity contribution in [1.29, 1.82) is 0 Å². The molecule has 4 aromatic heterocycles. The van der Waals surface area contributed by atoms with E-state index < -0.39 is 13.3 Å². The predicted octanol–water partition coefficient (Wildman–Crippen LogP) is 5.06. The van der Waals surface area contributed by atoms with Crippen molar-refractivity contribution >= 4 is 66.8 Å². The van der Waals surface area contributed by atoms with Crippen molar-refractivity contribution < 1.29 is 4.57 Å². The number of aromatic nitrogens is 3. The van der Waals surface area contributed by atoms with Gasteiger partial charge < -0.3 is 0 Å². The molecule has 142 valence electrons. The molecule has 0 fully saturated rings. The van der Waals surface area contributed by atoms with Crippen molar-refractivity contribution in [3.8, 4) is 0 Å². The first kappa shape index (κ1) is 17.2. The minimum atomic E-state index is -2.02. The Morgan fingerprint density at radius 2 is 1.79 bits per heavy atom. The number of aryl methyl sites for hydroxylation is 2. The summed E-state index contributed by atoms with van der Waals surface area (Å²) in [6, 6.07) is 16.0. The van der Waals surface area contributed by atoms with Crippen LogP contribution >= 0.6 is 0 Å². The summed E-state index contributed by atoms with van der Waals surface area (Å²) in [4.78, 5) is 4.78. The molecule has 0 unspecified atom stereocenters. The maximum absolute atomic E-state index is 4.78. The van der Waals surface area contributed by atoms with E-state index in [0.29, 0.717) is 0 Å². The number of nitrogens with zero attached hydrogens (tertiary/aromatic N) is 3. The van der Waals surface area contributed by atoms with Gasteiger partial charge >= 0.3 is 172 Å². The molecule has 3 nitrogen and oxygen atoms in total. The van der Waals surface area contributed by atoms with Crippen LogP contribution in [-0.2, 0) is 7.05 Å². The number of rotatable bonds is 1. The molecule has 0 spiro atoms. The Morgan fingerprint density at radius 3 is 2.59 bits per heavy atom. The summed E-state index contributed by atoms with van der Waals surface area (Å²) < 4.78 is 6.31. The van der Waals surface area contributed by atoms with Crippen LogP contribution in [0.25, 0.3) is 49.1 Å². The van der Waals surface area contributed by atoms with Gasteiger partial charge in [0, 0.05) is 0 Å². The normalized spacial score (nSPS) is 13.0. The molecule has 6 aromatic rings. The molecule has 0 bridgehead atoms. The molecule has 2 aromatic carbocycles. The molecule has 0 saturated heterocycles. The molecular weight excluding hydrogens is 415 g/mol. The predicted molar refractivity (Wildman–Crippen MR) is 125 cm³/mol. The van der Waals surface area contributed by atoms with Crippen molar-refractivity contribution in [3.63, 3.8) is 0 Å². The van der Waals surface area contributed by atoms with E-state index in [0.717, 1.165) is 5.52 Å². The number of fused-ring (bicyclic) bond motifs is 5. The second kappa shape index (κ2) is 5.48. The van der Waals surface area contributed by atoms with Gasteiger partial charge in [-0.1, -0.05) is 0 Å². The van der Waals surface area contributed by atoms with Crippen LogP contribution in [0.1, 0.15) is 5.56 Å². The van der Waals surface area contributed by atoms with Crippen molar-refractivity contribution in [2.24, 2.45) is 7.05 Å². The van der Waals surface area contributed by atoms with Crippen molar-refractivity contribution in [2.75, 3.05) is 0 Å². The quantitative estimate of drug-likeness (QED) is 0.152. The molecular formula is C25H24GeN3+. The monoisotopic (exact) mass is 440 g/mol. The molecule has 0 radical (unpaired) electrons. The molecule has 0 atom stereocenters. The standard InChI is InChI=1S/C25H24GeN3/c1-15-8-9-18-23-19(7-6-11-27-23)29-20-14-17(26(2,3)4)13-16-10-12-28(5)25(22(16)20)21(15)24(18)29/h6-14H,1-5H3/q+1. The Hall–Kier alpha value is -2.66. The minimum absolute atomic E-state index is 1.09. The fraction of sp³-hybridized carbons (Fsp3) is 0.200. The molecule has 0 aliphatic heterocycles. The van der Waals surface area contributed by atoms with E-state index in [1.165, 1.54) is 49.2 Å². The Bertz CT molecular complexity index is 1600. The van der Waals surface area contributed by atoms with Crippen LogP contribution in [0.2, 0.25) is 17.3 Å². The Labute approximate surface area is 172 Å². The van der Waals surface area contributed by atoms with Crippen LogP contribution < -0.4 is 8.96 Å².